The molecule has 0 fully saturated rings. The van der Waals surface area contributed by atoms with Crippen LogP contribution in [0.25, 0.3) is 0 Å². The number of amides is 1. The van der Waals surface area contributed by atoms with Gasteiger partial charge in [-0.1, -0.05) is 18.2 Å². The Morgan fingerprint density at radius 1 is 1.24 bits per heavy atom. The fraction of sp³-hybridized carbons (Fsp3) is 0.278. The Labute approximate surface area is 144 Å². The van der Waals surface area contributed by atoms with Crippen molar-refractivity contribution < 1.29 is 18.3 Å². The molecule has 2 aromatic carbocycles. The van der Waals surface area contributed by atoms with E-state index in [1.807, 2.05) is 23.1 Å². The first-order valence-corrected chi connectivity index (χ1v) is 8.00. The van der Waals surface area contributed by atoms with Crippen molar-refractivity contribution in [3.63, 3.8) is 0 Å². The van der Waals surface area contributed by atoms with Gasteiger partial charge in [-0.15, -0.1) is 0 Å². The number of benzene rings is 2. The van der Waals surface area contributed by atoms with E-state index in [1.165, 1.54) is 12.1 Å². The van der Waals surface area contributed by atoms with Gasteiger partial charge in [-0.2, -0.15) is 8.78 Å². The smallest absolute Gasteiger partial charge is 0.387 e. The van der Waals surface area contributed by atoms with Gasteiger partial charge >= 0.3 is 6.61 Å². The molecule has 1 aliphatic rings. The molecule has 132 valence electrons. The molecule has 5 nitrogen and oxygen atoms in total. The lowest BCUT2D eigenvalue weighted by atomic mass is 10.00. The molecule has 0 aromatic heterocycles. The summed E-state index contributed by atoms with van der Waals surface area (Å²) in [7, 11) is 0. The maximum atomic E-state index is 12.5. The highest BCUT2D eigenvalue weighted by molar-refractivity contribution is 5.95. The molecule has 1 amide bonds. The van der Waals surface area contributed by atoms with E-state index in [2.05, 4.69) is 10.1 Å². The number of nitrogens with one attached hydrogen (secondary N) is 1. The SMILES string of the molecule is Nc1cccc2c1CCCN2CC(=O)Nc1ccccc1OC(F)F. The van der Waals surface area contributed by atoms with Gasteiger partial charge in [0.2, 0.25) is 5.91 Å². The molecule has 2 aromatic rings. The van der Waals surface area contributed by atoms with Crippen LogP contribution in [0.15, 0.2) is 42.5 Å². The minimum atomic E-state index is -2.95. The Bertz CT molecular complexity index is 768. The maximum absolute atomic E-state index is 12.5. The second-order valence-corrected chi connectivity index (χ2v) is 5.79. The largest absolute Gasteiger partial charge is 0.433 e. The van der Waals surface area contributed by atoms with E-state index in [-0.39, 0.29) is 23.9 Å². The monoisotopic (exact) mass is 347 g/mol. The number of halogens is 2. The fourth-order valence-electron chi connectivity index (χ4n) is 3.02. The van der Waals surface area contributed by atoms with Crippen molar-refractivity contribution in [1.82, 2.24) is 0 Å². The van der Waals surface area contributed by atoms with Crippen LogP contribution in [0.4, 0.5) is 25.8 Å². The van der Waals surface area contributed by atoms with Gasteiger partial charge in [0.05, 0.1) is 12.2 Å². The number of hydrogen-bond acceptors (Lipinski definition) is 4. The van der Waals surface area contributed by atoms with E-state index in [4.69, 9.17) is 5.73 Å². The van der Waals surface area contributed by atoms with E-state index >= 15 is 0 Å². The zero-order valence-electron chi connectivity index (χ0n) is 13.5. The molecule has 0 aliphatic carbocycles. The zero-order chi connectivity index (χ0) is 17.8. The minimum absolute atomic E-state index is 0.0610. The second-order valence-electron chi connectivity index (χ2n) is 5.79. The topological polar surface area (TPSA) is 67.6 Å². The molecule has 0 radical (unpaired) electrons. The van der Waals surface area contributed by atoms with Gasteiger partial charge in [0.15, 0.2) is 0 Å². The van der Waals surface area contributed by atoms with Crippen LogP contribution in [-0.4, -0.2) is 25.6 Å². The molecule has 3 rings (SSSR count). The first kappa shape index (κ1) is 17.0. The molecule has 0 bridgehead atoms. The summed E-state index contributed by atoms with van der Waals surface area (Å²) in [5.74, 6) is -0.366. The summed E-state index contributed by atoms with van der Waals surface area (Å²) in [6.45, 7) is -2.10. The lowest BCUT2D eigenvalue weighted by Gasteiger charge is -2.31. The molecule has 0 unspecified atom stereocenters. The lowest BCUT2D eigenvalue weighted by molar-refractivity contribution is -0.115. The van der Waals surface area contributed by atoms with E-state index in [9.17, 15) is 13.6 Å². The zero-order valence-corrected chi connectivity index (χ0v) is 13.5. The lowest BCUT2D eigenvalue weighted by Crippen LogP contribution is -2.37. The van der Waals surface area contributed by atoms with Crippen molar-refractivity contribution in [2.24, 2.45) is 0 Å². The van der Waals surface area contributed by atoms with E-state index in [0.717, 1.165) is 36.3 Å². The maximum Gasteiger partial charge on any atom is 0.387 e. The number of hydrogen-bond donors (Lipinski definition) is 2. The number of nitrogens with zero attached hydrogens (tertiary/aromatic N) is 1. The van der Waals surface area contributed by atoms with Gasteiger partial charge in [0.1, 0.15) is 5.75 Å². The third-order valence-electron chi connectivity index (χ3n) is 4.09. The average molecular weight is 347 g/mol. The Hall–Kier alpha value is -2.83. The Morgan fingerprint density at radius 2 is 2.04 bits per heavy atom. The van der Waals surface area contributed by atoms with Gasteiger partial charge in [0, 0.05) is 17.9 Å². The van der Waals surface area contributed by atoms with E-state index in [1.54, 1.807) is 12.1 Å². The van der Waals surface area contributed by atoms with Gasteiger partial charge in [-0.3, -0.25) is 4.79 Å². The van der Waals surface area contributed by atoms with Crippen LogP contribution in [0.2, 0.25) is 0 Å². The number of rotatable bonds is 5. The number of carbonyl (C=O) groups is 1. The standard InChI is InChI=1S/C18H19F2N3O2/c19-18(20)25-16-9-2-1-7-14(16)22-17(24)11-23-10-4-5-12-13(21)6-3-8-15(12)23/h1-3,6-9,18H,4-5,10-11,21H2,(H,22,24). The summed E-state index contributed by atoms with van der Waals surface area (Å²) < 4.78 is 29.3. The molecule has 0 saturated carbocycles. The number of fused-ring (bicyclic) bond motifs is 1. The predicted molar refractivity (Wildman–Crippen MR) is 93.1 cm³/mol. The summed E-state index contributed by atoms with van der Waals surface area (Å²) in [6, 6.07) is 11.8. The van der Waals surface area contributed by atoms with Crippen LogP contribution >= 0.6 is 0 Å². The molecule has 1 aliphatic heterocycles. The molecule has 0 saturated heterocycles. The van der Waals surface area contributed by atoms with Crippen molar-refractivity contribution in [1.29, 1.82) is 0 Å². The van der Waals surface area contributed by atoms with Gasteiger partial charge in [-0.05, 0) is 42.7 Å². The third-order valence-corrected chi connectivity index (χ3v) is 4.09. The van der Waals surface area contributed by atoms with Gasteiger partial charge in [0.25, 0.3) is 0 Å². The van der Waals surface area contributed by atoms with E-state index in [0.29, 0.717) is 0 Å². The number of nitrogens with two attached hydrogens (primary N) is 1. The normalized spacial score (nSPS) is 13.5. The molecule has 25 heavy (non-hydrogen) atoms. The van der Waals surface area contributed by atoms with Crippen LogP contribution in [0.3, 0.4) is 0 Å². The van der Waals surface area contributed by atoms with Gasteiger partial charge in [-0.25, -0.2) is 0 Å². The minimum Gasteiger partial charge on any atom is -0.433 e. The third kappa shape index (κ3) is 3.99. The summed E-state index contributed by atoms with van der Waals surface area (Å²) in [6.07, 6.45) is 1.78. The summed E-state index contributed by atoms with van der Waals surface area (Å²) in [4.78, 5) is 14.3. The van der Waals surface area contributed by atoms with Crippen LogP contribution in [0.1, 0.15) is 12.0 Å². The molecule has 0 atom stereocenters. The summed E-state index contributed by atoms with van der Waals surface area (Å²) >= 11 is 0. The highest BCUT2D eigenvalue weighted by Crippen LogP contribution is 2.31. The van der Waals surface area contributed by atoms with Crippen molar-refractivity contribution in [3.8, 4) is 5.75 Å². The molecule has 1 heterocycles. The molecule has 0 spiro atoms. The molecule has 3 N–H and O–H groups in total. The molecular weight excluding hydrogens is 328 g/mol. The Kier molecular flexibility index (Phi) is 5.02. The van der Waals surface area contributed by atoms with Crippen molar-refractivity contribution in [3.05, 3.63) is 48.0 Å². The molecule has 7 heteroatoms. The average Bonchev–Trinajstić information content (AvgIpc) is 2.57. The van der Waals surface area contributed by atoms with Crippen molar-refractivity contribution >= 4 is 23.0 Å². The highest BCUT2D eigenvalue weighted by Gasteiger charge is 2.21. The summed E-state index contributed by atoms with van der Waals surface area (Å²) in [5, 5.41) is 2.64. The number of nitrogen functional groups attached to an aromatic ring is 1. The van der Waals surface area contributed by atoms with Crippen molar-refractivity contribution in [2.75, 3.05) is 29.0 Å². The Balaban J connectivity index is 1.72. The quantitative estimate of drug-likeness (QED) is 0.815. The van der Waals surface area contributed by atoms with Crippen LogP contribution in [0, 0.1) is 0 Å². The number of alkyl halides is 2. The highest BCUT2D eigenvalue weighted by atomic mass is 19.3. The van der Waals surface area contributed by atoms with Crippen molar-refractivity contribution in [2.45, 2.75) is 19.5 Å². The first-order valence-electron chi connectivity index (χ1n) is 8.00. The summed E-state index contributed by atoms with van der Waals surface area (Å²) in [5.41, 5.74) is 8.94. The van der Waals surface area contributed by atoms with Crippen LogP contribution < -0.4 is 20.7 Å². The van der Waals surface area contributed by atoms with Crippen LogP contribution in [0.5, 0.6) is 5.75 Å². The fourth-order valence-corrected chi connectivity index (χ4v) is 3.02. The predicted octanol–water partition coefficient (Wildman–Crippen LogP) is 3.26. The number of para-hydroxylation sites is 2. The first-order chi connectivity index (χ1) is 12.0. The Morgan fingerprint density at radius 3 is 2.84 bits per heavy atom. The van der Waals surface area contributed by atoms with E-state index < -0.39 is 6.61 Å². The molecular formula is C18H19F2N3O2. The number of anilines is 3. The van der Waals surface area contributed by atoms with Crippen LogP contribution in [-0.2, 0) is 11.2 Å². The second kappa shape index (κ2) is 7.38. The number of carbonyl (C=O) groups excluding carboxylic acids is 1. The van der Waals surface area contributed by atoms with Gasteiger partial charge < -0.3 is 20.7 Å². The number of ether oxygens (including phenoxy) is 1.